The Morgan fingerprint density at radius 3 is 2.50 bits per heavy atom. The van der Waals surface area contributed by atoms with Crippen molar-refractivity contribution in [2.45, 2.75) is 13.0 Å². The Morgan fingerprint density at radius 2 is 1.82 bits per heavy atom. The molecule has 0 aliphatic heterocycles. The first-order valence-corrected chi connectivity index (χ1v) is 8.83. The van der Waals surface area contributed by atoms with E-state index in [1.807, 2.05) is 6.92 Å². The van der Waals surface area contributed by atoms with Crippen LogP contribution in [0.3, 0.4) is 0 Å². The Bertz CT molecular complexity index is 774. The molecule has 1 N–H and O–H groups in total. The van der Waals surface area contributed by atoms with Crippen molar-refractivity contribution < 1.29 is 33.6 Å². The van der Waals surface area contributed by atoms with E-state index in [1.54, 1.807) is 37.4 Å². The number of hydrogen-bond donors (Lipinski definition) is 1. The number of ether oxygens (including phenoxy) is 4. The van der Waals surface area contributed by atoms with Gasteiger partial charge in [-0.2, -0.15) is 0 Å². The number of carbonyl (C=O) groups is 2. The fourth-order valence-corrected chi connectivity index (χ4v) is 2.25. The zero-order valence-corrected chi connectivity index (χ0v) is 15.9. The zero-order valence-electron chi connectivity index (χ0n) is 15.9. The van der Waals surface area contributed by atoms with Gasteiger partial charge in [0.2, 0.25) is 0 Å². The van der Waals surface area contributed by atoms with E-state index < -0.39 is 5.97 Å². The summed E-state index contributed by atoms with van der Waals surface area (Å²) in [5.74, 6) is -0.830. The second kappa shape index (κ2) is 11.1. The maximum atomic E-state index is 12.4. The number of esters is 1. The molecular weight excluding hydrogens is 364 g/mol. The number of benzene rings is 2. The molecule has 0 aliphatic rings. The summed E-state index contributed by atoms with van der Waals surface area (Å²) >= 11 is 0. The predicted octanol–water partition coefficient (Wildman–Crippen LogP) is 2.60. The molecule has 0 heterocycles. The van der Waals surface area contributed by atoms with E-state index in [-0.39, 0.29) is 48.8 Å². The third kappa shape index (κ3) is 6.68. The monoisotopic (exact) mass is 388 g/mol. The molecule has 2 aromatic carbocycles. The highest BCUT2D eigenvalue weighted by molar-refractivity contribution is 6.10. The van der Waals surface area contributed by atoms with Crippen molar-refractivity contribution in [3.05, 3.63) is 59.7 Å². The summed E-state index contributed by atoms with van der Waals surface area (Å²) in [4.78, 5) is 24.1. The molecule has 2 aromatic rings. The van der Waals surface area contributed by atoms with E-state index in [9.17, 15) is 14.7 Å². The minimum absolute atomic E-state index is 0.0246. The fraction of sp³-hybridized carbons (Fsp3) is 0.333. The molecule has 150 valence electrons. The molecular formula is C21H24O7. The number of aromatic hydroxyl groups is 1. The lowest BCUT2D eigenvalue weighted by atomic mass is 10.0. The largest absolute Gasteiger partial charge is 0.507 e. The standard InChI is InChI=1S/C21H24O7/c1-15(25-2)13-26-10-11-27-20(23)14-28-17-8-9-18(19(22)12-17)21(24)16-6-4-3-5-7-16/h3-9,12,15,22H,10-11,13-14H2,1-2H3. The number of hydrogen-bond acceptors (Lipinski definition) is 7. The van der Waals surface area contributed by atoms with Crippen molar-refractivity contribution in [1.29, 1.82) is 0 Å². The van der Waals surface area contributed by atoms with Gasteiger partial charge in [0.15, 0.2) is 12.4 Å². The molecule has 1 unspecified atom stereocenters. The number of phenolic OH excluding ortho intramolecular Hbond substituents is 1. The molecule has 0 saturated carbocycles. The second-order valence-corrected chi connectivity index (χ2v) is 6.00. The summed E-state index contributed by atoms with van der Waals surface area (Å²) in [7, 11) is 1.59. The number of phenols is 1. The average molecular weight is 388 g/mol. The van der Waals surface area contributed by atoms with Gasteiger partial charge in [0.1, 0.15) is 18.1 Å². The van der Waals surface area contributed by atoms with Crippen LogP contribution in [0.1, 0.15) is 22.8 Å². The topological polar surface area (TPSA) is 91.3 Å². The molecule has 28 heavy (non-hydrogen) atoms. The van der Waals surface area contributed by atoms with Crippen molar-refractivity contribution in [2.75, 3.05) is 33.5 Å². The van der Waals surface area contributed by atoms with Gasteiger partial charge >= 0.3 is 5.97 Å². The van der Waals surface area contributed by atoms with Crippen molar-refractivity contribution in [3.8, 4) is 11.5 Å². The van der Waals surface area contributed by atoms with E-state index in [2.05, 4.69) is 0 Å². The number of carbonyl (C=O) groups excluding carboxylic acids is 2. The van der Waals surface area contributed by atoms with Gasteiger partial charge in [0, 0.05) is 18.7 Å². The van der Waals surface area contributed by atoms with Gasteiger partial charge in [-0.25, -0.2) is 4.79 Å². The highest BCUT2D eigenvalue weighted by Crippen LogP contribution is 2.25. The van der Waals surface area contributed by atoms with Crippen LogP contribution in [-0.2, 0) is 19.0 Å². The maximum absolute atomic E-state index is 12.4. The lowest BCUT2D eigenvalue weighted by molar-refractivity contribution is -0.147. The summed E-state index contributed by atoms with van der Waals surface area (Å²) in [6.45, 7) is 2.33. The van der Waals surface area contributed by atoms with Crippen LogP contribution in [0.5, 0.6) is 11.5 Å². The van der Waals surface area contributed by atoms with Gasteiger partial charge in [-0.15, -0.1) is 0 Å². The minimum Gasteiger partial charge on any atom is -0.507 e. The summed E-state index contributed by atoms with van der Waals surface area (Å²) in [6.07, 6.45) is -0.0246. The van der Waals surface area contributed by atoms with Gasteiger partial charge in [-0.3, -0.25) is 4.79 Å². The SMILES string of the molecule is COC(C)COCCOC(=O)COc1ccc(C(=O)c2ccccc2)c(O)c1. The molecule has 1 atom stereocenters. The van der Waals surface area contributed by atoms with Crippen LogP contribution in [0.25, 0.3) is 0 Å². The van der Waals surface area contributed by atoms with Crippen LogP contribution in [0.15, 0.2) is 48.5 Å². The van der Waals surface area contributed by atoms with Crippen LogP contribution in [0, 0.1) is 0 Å². The summed E-state index contributed by atoms with van der Waals surface area (Å²) in [5.41, 5.74) is 0.626. The summed E-state index contributed by atoms with van der Waals surface area (Å²) < 4.78 is 20.6. The highest BCUT2D eigenvalue weighted by atomic mass is 16.6. The lowest BCUT2D eigenvalue weighted by Crippen LogP contribution is -2.20. The van der Waals surface area contributed by atoms with Crippen molar-refractivity contribution >= 4 is 11.8 Å². The molecule has 0 bridgehead atoms. The quantitative estimate of drug-likeness (QED) is 0.359. The van der Waals surface area contributed by atoms with Crippen LogP contribution in [0.2, 0.25) is 0 Å². The molecule has 0 radical (unpaired) electrons. The van der Waals surface area contributed by atoms with Crippen LogP contribution in [-0.4, -0.2) is 56.5 Å². The summed E-state index contributed by atoms with van der Waals surface area (Å²) in [5, 5.41) is 10.1. The minimum atomic E-state index is -0.563. The first kappa shape index (κ1) is 21.4. The number of methoxy groups -OCH3 is 1. The number of rotatable bonds is 11. The van der Waals surface area contributed by atoms with Gasteiger partial charge < -0.3 is 24.1 Å². The van der Waals surface area contributed by atoms with E-state index in [0.717, 1.165) is 0 Å². The van der Waals surface area contributed by atoms with Crippen LogP contribution in [0.4, 0.5) is 0 Å². The third-order valence-corrected chi connectivity index (χ3v) is 3.85. The predicted molar refractivity (Wildman–Crippen MR) is 102 cm³/mol. The average Bonchev–Trinajstić information content (AvgIpc) is 2.72. The Labute approximate surface area is 163 Å². The Hall–Kier alpha value is -2.90. The molecule has 7 nitrogen and oxygen atoms in total. The van der Waals surface area contributed by atoms with Gasteiger partial charge in [0.25, 0.3) is 0 Å². The zero-order chi connectivity index (χ0) is 20.4. The Balaban J connectivity index is 1.78. The molecule has 0 aliphatic carbocycles. The molecule has 0 amide bonds. The van der Waals surface area contributed by atoms with Crippen molar-refractivity contribution in [2.24, 2.45) is 0 Å². The molecule has 0 fully saturated rings. The number of ketones is 1. The Morgan fingerprint density at radius 1 is 1.07 bits per heavy atom. The second-order valence-electron chi connectivity index (χ2n) is 6.00. The third-order valence-electron chi connectivity index (χ3n) is 3.85. The Kier molecular flexibility index (Phi) is 8.45. The van der Waals surface area contributed by atoms with Gasteiger partial charge in [-0.1, -0.05) is 30.3 Å². The normalized spacial score (nSPS) is 11.6. The maximum Gasteiger partial charge on any atom is 0.344 e. The first-order chi connectivity index (χ1) is 13.5. The fourth-order valence-electron chi connectivity index (χ4n) is 2.25. The van der Waals surface area contributed by atoms with Crippen LogP contribution < -0.4 is 4.74 Å². The van der Waals surface area contributed by atoms with E-state index >= 15 is 0 Å². The van der Waals surface area contributed by atoms with E-state index in [0.29, 0.717) is 12.2 Å². The molecule has 7 heteroatoms. The van der Waals surface area contributed by atoms with Gasteiger partial charge in [-0.05, 0) is 19.1 Å². The van der Waals surface area contributed by atoms with E-state index in [1.165, 1.54) is 18.2 Å². The molecule has 0 spiro atoms. The van der Waals surface area contributed by atoms with Crippen molar-refractivity contribution in [3.63, 3.8) is 0 Å². The summed E-state index contributed by atoms with van der Waals surface area (Å²) in [6, 6.07) is 12.9. The highest BCUT2D eigenvalue weighted by Gasteiger charge is 2.14. The molecule has 0 aromatic heterocycles. The van der Waals surface area contributed by atoms with Crippen molar-refractivity contribution in [1.82, 2.24) is 0 Å². The van der Waals surface area contributed by atoms with Crippen LogP contribution >= 0.6 is 0 Å². The van der Waals surface area contributed by atoms with Gasteiger partial charge in [0.05, 0.1) is 24.9 Å². The lowest BCUT2D eigenvalue weighted by Gasteiger charge is -2.11. The first-order valence-electron chi connectivity index (χ1n) is 8.83. The smallest absolute Gasteiger partial charge is 0.344 e. The van der Waals surface area contributed by atoms with E-state index in [4.69, 9.17) is 18.9 Å². The molecule has 2 rings (SSSR count). The molecule has 0 saturated heterocycles.